The molecule has 0 unspecified atom stereocenters. The van der Waals surface area contributed by atoms with Gasteiger partial charge in [0, 0.05) is 7.05 Å². The second-order valence-electron chi connectivity index (χ2n) is 2.99. The van der Waals surface area contributed by atoms with Gasteiger partial charge in [0.2, 0.25) is 0 Å². The van der Waals surface area contributed by atoms with Crippen molar-refractivity contribution in [1.82, 2.24) is 9.78 Å². The van der Waals surface area contributed by atoms with Crippen molar-refractivity contribution in [2.75, 3.05) is 13.2 Å². The van der Waals surface area contributed by atoms with Gasteiger partial charge in [-0.05, 0) is 0 Å². The Labute approximate surface area is 79.4 Å². The van der Waals surface area contributed by atoms with Crippen LogP contribution in [0.5, 0.6) is 5.88 Å². The molecule has 0 saturated carbocycles. The zero-order valence-electron chi connectivity index (χ0n) is 7.54. The minimum atomic E-state index is -0.512. The predicted molar refractivity (Wildman–Crippen MR) is 45.1 cm³/mol. The van der Waals surface area contributed by atoms with Gasteiger partial charge < -0.3 is 9.47 Å². The van der Waals surface area contributed by atoms with Crippen LogP contribution >= 0.6 is 0 Å². The Morgan fingerprint density at radius 1 is 1.79 bits per heavy atom. The van der Waals surface area contributed by atoms with Gasteiger partial charge >= 0.3 is 5.69 Å². The van der Waals surface area contributed by atoms with Gasteiger partial charge in [0.15, 0.2) is 0 Å². The Bertz CT molecular complexity index is 358. The van der Waals surface area contributed by atoms with Gasteiger partial charge in [-0.25, -0.2) is 4.68 Å². The summed E-state index contributed by atoms with van der Waals surface area (Å²) in [5.41, 5.74) is -0.112. The van der Waals surface area contributed by atoms with Crippen molar-refractivity contribution < 1.29 is 14.4 Å². The van der Waals surface area contributed by atoms with E-state index in [4.69, 9.17) is 9.47 Å². The Hall–Kier alpha value is -1.63. The fraction of sp³-hybridized carbons (Fsp3) is 0.571. The average Bonchev–Trinajstić information content (AvgIpc) is 2.40. The molecule has 0 aromatic carbocycles. The summed E-state index contributed by atoms with van der Waals surface area (Å²) in [4.78, 5) is 10.1. The molecule has 7 heteroatoms. The van der Waals surface area contributed by atoms with E-state index in [9.17, 15) is 10.1 Å². The molecule has 7 nitrogen and oxygen atoms in total. The van der Waals surface area contributed by atoms with E-state index in [0.29, 0.717) is 13.2 Å². The van der Waals surface area contributed by atoms with Crippen LogP contribution < -0.4 is 4.74 Å². The van der Waals surface area contributed by atoms with Gasteiger partial charge in [-0.1, -0.05) is 0 Å². The number of rotatable bonds is 3. The van der Waals surface area contributed by atoms with Crippen molar-refractivity contribution in [1.29, 1.82) is 0 Å². The van der Waals surface area contributed by atoms with E-state index in [0.717, 1.165) is 0 Å². The largest absolute Gasteiger partial charge is 0.465 e. The maximum absolute atomic E-state index is 10.6. The number of hydrogen-bond donors (Lipinski definition) is 0. The van der Waals surface area contributed by atoms with Crippen LogP contribution in [0, 0.1) is 10.1 Å². The highest BCUT2D eigenvalue weighted by Gasteiger charge is 2.27. The standard InChI is InChI=1S/C7H9N3O4/c1-9-7(14-5-3-13-4-5)6(2-8-9)10(11)12/h2,5H,3-4H2,1H3. The summed E-state index contributed by atoms with van der Waals surface area (Å²) in [6.45, 7) is 0.949. The van der Waals surface area contributed by atoms with E-state index in [-0.39, 0.29) is 17.7 Å². The molecule has 0 radical (unpaired) electrons. The van der Waals surface area contributed by atoms with Crippen LogP contribution in [0.4, 0.5) is 5.69 Å². The smallest absolute Gasteiger partial charge is 0.350 e. The molecule has 2 rings (SSSR count). The molecule has 0 amide bonds. The molecule has 1 aliphatic heterocycles. The van der Waals surface area contributed by atoms with Crippen molar-refractivity contribution in [2.24, 2.45) is 7.05 Å². The topological polar surface area (TPSA) is 79.4 Å². The van der Waals surface area contributed by atoms with E-state index in [1.54, 1.807) is 7.05 Å². The highest BCUT2D eigenvalue weighted by Crippen LogP contribution is 2.27. The number of aromatic nitrogens is 2. The molecular formula is C7H9N3O4. The monoisotopic (exact) mass is 199 g/mol. The summed E-state index contributed by atoms with van der Waals surface area (Å²) >= 11 is 0. The van der Waals surface area contributed by atoms with Crippen LogP contribution in [0.2, 0.25) is 0 Å². The molecule has 0 spiro atoms. The lowest BCUT2D eigenvalue weighted by Gasteiger charge is -2.25. The molecule has 1 fully saturated rings. The van der Waals surface area contributed by atoms with Crippen molar-refractivity contribution in [3.8, 4) is 5.88 Å². The molecule has 76 valence electrons. The molecule has 1 aliphatic rings. The van der Waals surface area contributed by atoms with Crippen LogP contribution in [0.25, 0.3) is 0 Å². The molecule has 0 N–H and O–H groups in total. The highest BCUT2D eigenvalue weighted by molar-refractivity contribution is 5.39. The lowest BCUT2D eigenvalue weighted by Crippen LogP contribution is -2.39. The average molecular weight is 199 g/mol. The van der Waals surface area contributed by atoms with E-state index in [1.807, 2.05) is 0 Å². The van der Waals surface area contributed by atoms with Gasteiger partial charge in [0.1, 0.15) is 12.3 Å². The molecule has 2 heterocycles. The number of nitro groups is 1. The fourth-order valence-corrected chi connectivity index (χ4v) is 1.12. The van der Waals surface area contributed by atoms with Crippen molar-refractivity contribution in [3.05, 3.63) is 16.3 Å². The van der Waals surface area contributed by atoms with Gasteiger partial charge in [-0.15, -0.1) is 0 Å². The van der Waals surface area contributed by atoms with Gasteiger partial charge in [0.25, 0.3) is 5.88 Å². The third-order valence-corrected chi connectivity index (χ3v) is 1.95. The first kappa shape index (κ1) is 8.95. The quantitative estimate of drug-likeness (QED) is 0.509. The summed E-state index contributed by atoms with van der Waals surface area (Å²) in [5, 5.41) is 14.3. The number of hydrogen-bond acceptors (Lipinski definition) is 5. The second-order valence-corrected chi connectivity index (χ2v) is 2.99. The number of ether oxygens (including phenoxy) is 2. The Balaban J connectivity index is 2.20. The second kappa shape index (κ2) is 3.26. The van der Waals surface area contributed by atoms with Crippen LogP contribution in [-0.2, 0) is 11.8 Å². The van der Waals surface area contributed by atoms with E-state index >= 15 is 0 Å². The van der Waals surface area contributed by atoms with E-state index in [1.165, 1.54) is 10.9 Å². The highest BCUT2D eigenvalue weighted by atomic mass is 16.6. The summed E-state index contributed by atoms with van der Waals surface area (Å²) in [6, 6.07) is 0. The van der Waals surface area contributed by atoms with Crippen molar-refractivity contribution in [3.63, 3.8) is 0 Å². The molecule has 14 heavy (non-hydrogen) atoms. The van der Waals surface area contributed by atoms with Crippen LogP contribution in [0.15, 0.2) is 6.20 Å². The van der Waals surface area contributed by atoms with Gasteiger partial charge in [0.05, 0.1) is 18.1 Å². The number of nitrogens with zero attached hydrogens (tertiary/aromatic N) is 3. The molecule has 0 atom stereocenters. The predicted octanol–water partition coefficient (Wildman–Crippen LogP) is 0.106. The minimum absolute atomic E-state index is 0.0934. The zero-order valence-corrected chi connectivity index (χ0v) is 7.54. The van der Waals surface area contributed by atoms with Crippen LogP contribution in [0.3, 0.4) is 0 Å². The molecule has 0 bridgehead atoms. The summed E-state index contributed by atoms with van der Waals surface area (Å²) in [5.74, 6) is 0.184. The Morgan fingerprint density at radius 2 is 2.50 bits per heavy atom. The third kappa shape index (κ3) is 1.41. The number of aryl methyl sites for hydroxylation is 1. The maximum Gasteiger partial charge on any atom is 0.350 e. The first-order valence-electron chi connectivity index (χ1n) is 4.09. The summed E-state index contributed by atoms with van der Waals surface area (Å²) in [7, 11) is 1.60. The molecular weight excluding hydrogens is 190 g/mol. The normalized spacial score (nSPS) is 16.4. The SMILES string of the molecule is Cn1ncc([N+](=O)[O-])c1OC1COC1. The van der Waals surface area contributed by atoms with Crippen molar-refractivity contribution >= 4 is 5.69 Å². The Morgan fingerprint density at radius 3 is 3.00 bits per heavy atom. The maximum atomic E-state index is 10.6. The zero-order chi connectivity index (χ0) is 10.1. The lowest BCUT2D eigenvalue weighted by atomic mass is 10.3. The first-order valence-corrected chi connectivity index (χ1v) is 4.09. The van der Waals surface area contributed by atoms with Crippen LogP contribution in [0.1, 0.15) is 0 Å². The minimum Gasteiger partial charge on any atom is -0.465 e. The molecule has 1 saturated heterocycles. The molecule has 1 aromatic rings. The molecule has 0 aliphatic carbocycles. The fourth-order valence-electron chi connectivity index (χ4n) is 1.12. The lowest BCUT2D eigenvalue weighted by molar-refractivity contribution is -0.386. The molecule has 1 aromatic heterocycles. The van der Waals surface area contributed by atoms with Crippen LogP contribution in [-0.4, -0.2) is 34.0 Å². The summed E-state index contributed by atoms with van der Waals surface area (Å²) < 4.78 is 11.6. The van der Waals surface area contributed by atoms with E-state index in [2.05, 4.69) is 5.10 Å². The summed E-state index contributed by atoms with van der Waals surface area (Å²) in [6.07, 6.45) is 1.08. The van der Waals surface area contributed by atoms with Gasteiger partial charge in [-0.2, -0.15) is 5.10 Å². The Kier molecular flexibility index (Phi) is 2.08. The first-order chi connectivity index (χ1) is 6.68. The third-order valence-electron chi connectivity index (χ3n) is 1.95. The van der Waals surface area contributed by atoms with Gasteiger partial charge in [-0.3, -0.25) is 10.1 Å². The van der Waals surface area contributed by atoms with E-state index < -0.39 is 4.92 Å². The van der Waals surface area contributed by atoms with Crippen molar-refractivity contribution in [2.45, 2.75) is 6.10 Å².